The van der Waals surface area contributed by atoms with Crippen molar-refractivity contribution in [1.82, 2.24) is 0 Å². The third-order valence-corrected chi connectivity index (χ3v) is 1.52. The quantitative estimate of drug-likeness (QED) is 0.431. The predicted octanol–water partition coefficient (Wildman–Crippen LogP) is 2.50. The third-order valence-electron chi connectivity index (χ3n) is 1.52. The molecule has 0 aliphatic rings. The summed E-state index contributed by atoms with van der Waals surface area (Å²) in [5.74, 6) is -0.143. The van der Waals surface area contributed by atoms with Gasteiger partial charge in [-0.1, -0.05) is 12.3 Å². The largest absolute Gasteiger partial charge is 0.371 e. The summed E-state index contributed by atoms with van der Waals surface area (Å²) in [6.07, 6.45) is 1.34. The molecule has 0 fully saturated rings. The van der Waals surface area contributed by atoms with Crippen molar-refractivity contribution >= 4 is 12.0 Å². The molecule has 1 aromatic carbocycles. The number of hydrogen-bond acceptors (Lipinski definition) is 2. The van der Waals surface area contributed by atoms with E-state index in [4.69, 9.17) is 6.58 Å². The Morgan fingerprint density at radius 1 is 1.38 bits per heavy atom. The minimum Gasteiger partial charge on any atom is -0.371 e. The van der Waals surface area contributed by atoms with Crippen LogP contribution in [0.25, 0.3) is 0 Å². The second kappa shape index (κ2) is 10.3. The average molecular weight is 393 g/mol. The first-order chi connectivity index (χ1) is 7.07. The summed E-state index contributed by atoms with van der Waals surface area (Å²) < 4.78 is 0. The molecule has 16 heavy (non-hydrogen) atoms. The number of benzene rings is 1. The molecule has 0 aromatic heterocycles. The Morgan fingerprint density at radius 2 is 1.88 bits per heavy atom. The van der Waals surface area contributed by atoms with Crippen molar-refractivity contribution in [2.24, 2.45) is 4.99 Å². The molecular formula is C13H15IrNO-2. The van der Waals surface area contributed by atoms with Gasteiger partial charge in [-0.05, 0) is 6.92 Å². The fraction of sp³-hybridized carbons (Fsp3) is 0.154. The van der Waals surface area contributed by atoms with Crippen molar-refractivity contribution < 1.29 is 24.9 Å². The van der Waals surface area contributed by atoms with Gasteiger partial charge in [0, 0.05) is 32.9 Å². The van der Waals surface area contributed by atoms with Gasteiger partial charge < -0.3 is 9.79 Å². The van der Waals surface area contributed by atoms with E-state index in [1.807, 2.05) is 30.3 Å². The van der Waals surface area contributed by atoms with Crippen LogP contribution in [0, 0.1) is 13.5 Å². The van der Waals surface area contributed by atoms with E-state index < -0.39 is 0 Å². The van der Waals surface area contributed by atoms with E-state index in [1.54, 1.807) is 7.05 Å². The summed E-state index contributed by atoms with van der Waals surface area (Å²) in [5, 5.41) is 0. The number of allylic oxidation sites excluding steroid dienone is 1. The van der Waals surface area contributed by atoms with Gasteiger partial charge in [0.2, 0.25) is 0 Å². The summed E-state index contributed by atoms with van der Waals surface area (Å²) in [6, 6.07) is 9.87. The molecule has 0 atom stereocenters. The van der Waals surface area contributed by atoms with Crippen molar-refractivity contribution in [2.45, 2.75) is 6.92 Å². The van der Waals surface area contributed by atoms with Crippen LogP contribution >= 0.6 is 0 Å². The van der Waals surface area contributed by atoms with Crippen LogP contribution in [0.3, 0.4) is 0 Å². The molecule has 89 valence electrons. The maximum absolute atomic E-state index is 10.3. The number of rotatable bonds is 2. The number of ketones is 1. The van der Waals surface area contributed by atoms with E-state index in [1.165, 1.54) is 13.1 Å². The molecule has 2 nitrogen and oxygen atoms in total. The van der Waals surface area contributed by atoms with Gasteiger partial charge in [-0.2, -0.15) is 24.6 Å². The van der Waals surface area contributed by atoms with E-state index in [0.717, 1.165) is 5.56 Å². The van der Waals surface area contributed by atoms with Crippen LogP contribution < -0.4 is 0 Å². The van der Waals surface area contributed by atoms with Gasteiger partial charge in [-0.15, -0.1) is 17.7 Å². The van der Waals surface area contributed by atoms with Crippen molar-refractivity contribution in [3.8, 4) is 0 Å². The zero-order chi connectivity index (χ0) is 11.7. The Morgan fingerprint density at radius 3 is 2.06 bits per heavy atom. The van der Waals surface area contributed by atoms with Gasteiger partial charge >= 0.3 is 0 Å². The summed E-state index contributed by atoms with van der Waals surface area (Å²) >= 11 is 0. The normalized spacial score (nSPS) is 8.62. The Bertz CT molecular complexity index is 344. The number of carbonyl (C=O) groups excluding carboxylic acids is 1. The monoisotopic (exact) mass is 394 g/mol. The summed E-state index contributed by atoms with van der Waals surface area (Å²) in [7, 11) is 1.57. The Kier molecular flexibility index (Phi) is 11.1. The second-order valence-electron chi connectivity index (χ2n) is 2.88. The molecule has 0 amide bonds. The SMILES string of the molecule is [CH-]=C(C=NC)C(C)=O.[CH2-]c1ccccc1.[Ir]. The molecule has 0 bridgehead atoms. The first kappa shape index (κ1) is 17.2. The van der Waals surface area contributed by atoms with Gasteiger partial charge in [0.1, 0.15) is 0 Å². The summed E-state index contributed by atoms with van der Waals surface area (Å²) in [6.45, 7) is 10.3. The van der Waals surface area contributed by atoms with Crippen LogP contribution in [-0.2, 0) is 24.9 Å². The molecule has 0 aliphatic heterocycles. The van der Waals surface area contributed by atoms with E-state index >= 15 is 0 Å². The van der Waals surface area contributed by atoms with Crippen molar-refractivity contribution in [1.29, 1.82) is 0 Å². The third kappa shape index (κ3) is 9.38. The van der Waals surface area contributed by atoms with E-state index in [9.17, 15) is 4.79 Å². The summed E-state index contributed by atoms with van der Waals surface area (Å²) in [5.41, 5.74) is 1.27. The number of nitrogens with zero attached hydrogens (tertiary/aromatic N) is 1. The number of hydrogen-bond donors (Lipinski definition) is 0. The second-order valence-corrected chi connectivity index (χ2v) is 2.88. The number of Topliss-reactive ketones (excluding diaryl/α,β-unsaturated/α-hetero) is 1. The van der Waals surface area contributed by atoms with Gasteiger partial charge in [-0.25, -0.2) is 6.58 Å². The number of aliphatic imine (C=N–C) groups is 1. The Balaban J connectivity index is 0. The minimum absolute atomic E-state index is 0. The van der Waals surface area contributed by atoms with E-state index in [-0.39, 0.29) is 31.5 Å². The molecule has 0 heterocycles. The van der Waals surface area contributed by atoms with Crippen molar-refractivity contribution in [3.63, 3.8) is 0 Å². The van der Waals surface area contributed by atoms with Crippen molar-refractivity contribution in [2.75, 3.05) is 7.05 Å². The molecule has 0 aliphatic carbocycles. The van der Waals surface area contributed by atoms with Crippen LogP contribution in [0.15, 0.2) is 40.9 Å². The van der Waals surface area contributed by atoms with E-state index in [0.29, 0.717) is 0 Å². The van der Waals surface area contributed by atoms with Crippen LogP contribution in [0.5, 0.6) is 0 Å². The molecular weight excluding hydrogens is 378 g/mol. The zero-order valence-electron chi connectivity index (χ0n) is 9.44. The minimum atomic E-state index is -0.143. The molecule has 1 aromatic rings. The molecule has 0 N–H and O–H groups in total. The van der Waals surface area contributed by atoms with Crippen LogP contribution in [-0.4, -0.2) is 19.0 Å². The standard InChI is InChI=1S/C7H7.C6H8NO.Ir/c1-7-5-3-2-4-6-7;1-5(4-7-3)6(2)8;/h2-6H,1H2;1,4H,2-3H3;/q2*-1;. The van der Waals surface area contributed by atoms with Crippen molar-refractivity contribution in [3.05, 3.63) is 55.0 Å². The molecule has 1 rings (SSSR count). The van der Waals surface area contributed by atoms with Crippen LogP contribution in [0.1, 0.15) is 12.5 Å². The Hall–Kier alpha value is -1.18. The van der Waals surface area contributed by atoms with Gasteiger partial charge in [-0.3, -0.25) is 0 Å². The first-order valence-corrected chi connectivity index (χ1v) is 4.50. The van der Waals surface area contributed by atoms with Crippen LogP contribution in [0.2, 0.25) is 0 Å². The molecule has 0 saturated carbocycles. The fourth-order valence-corrected chi connectivity index (χ4v) is 0.708. The molecule has 1 radical (unpaired) electrons. The van der Waals surface area contributed by atoms with Crippen LogP contribution in [0.4, 0.5) is 0 Å². The van der Waals surface area contributed by atoms with Gasteiger partial charge in [0.05, 0.1) is 0 Å². The zero-order valence-corrected chi connectivity index (χ0v) is 11.8. The maximum Gasteiger partial charge on any atom is 0.0475 e. The topological polar surface area (TPSA) is 29.4 Å². The summed E-state index contributed by atoms with van der Waals surface area (Å²) in [4.78, 5) is 13.8. The Labute approximate surface area is 111 Å². The molecule has 0 unspecified atom stereocenters. The smallest absolute Gasteiger partial charge is 0.0475 e. The predicted molar refractivity (Wildman–Crippen MR) is 63.8 cm³/mol. The fourth-order valence-electron chi connectivity index (χ4n) is 0.708. The molecule has 0 spiro atoms. The van der Waals surface area contributed by atoms with Gasteiger partial charge in [0.15, 0.2) is 0 Å². The van der Waals surface area contributed by atoms with E-state index in [2.05, 4.69) is 11.9 Å². The molecule has 0 saturated heterocycles. The molecule has 3 heteroatoms. The number of carbonyl (C=O) groups is 1. The average Bonchev–Trinajstić information content (AvgIpc) is 2.20. The first-order valence-electron chi connectivity index (χ1n) is 4.50. The van der Waals surface area contributed by atoms with Gasteiger partial charge in [0.25, 0.3) is 0 Å². The maximum atomic E-state index is 10.3.